The zero-order valence-electron chi connectivity index (χ0n) is 20.1. The average molecular weight is 493 g/mol. The summed E-state index contributed by atoms with van der Waals surface area (Å²) < 4.78 is 3.31. The van der Waals surface area contributed by atoms with Gasteiger partial charge in [-0.15, -0.1) is 10.2 Å². The van der Waals surface area contributed by atoms with Gasteiger partial charge in [0.2, 0.25) is 11.7 Å². The lowest BCUT2D eigenvalue weighted by Gasteiger charge is -2.18. The van der Waals surface area contributed by atoms with Crippen LogP contribution in [0.25, 0.3) is 22.4 Å². The van der Waals surface area contributed by atoms with E-state index in [0.29, 0.717) is 33.4 Å². The molecule has 35 heavy (non-hydrogen) atoms. The number of para-hydroxylation sites is 1. The van der Waals surface area contributed by atoms with Gasteiger partial charge in [-0.3, -0.25) is 19.3 Å². The number of rotatable bonds is 7. The predicted octanol–water partition coefficient (Wildman–Crippen LogP) is 3.86. The number of primary amides is 1. The Morgan fingerprint density at radius 2 is 1.74 bits per heavy atom. The minimum atomic E-state index is -0.910. The summed E-state index contributed by atoms with van der Waals surface area (Å²) in [6.07, 6.45) is 1.02. The van der Waals surface area contributed by atoms with Crippen molar-refractivity contribution in [3.63, 3.8) is 0 Å². The van der Waals surface area contributed by atoms with Gasteiger partial charge in [0.25, 0.3) is 5.56 Å². The maximum atomic E-state index is 13.5. The van der Waals surface area contributed by atoms with Crippen LogP contribution in [0.15, 0.2) is 58.5 Å². The van der Waals surface area contributed by atoms with Gasteiger partial charge in [0, 0.05) is 0 Å². The van der Waals surface area contributed by atoms with Crippen LogP contribution >= 0.6 is 11.8 Å². The van der Waals surface area contributed by atoms with Crippen molar-refractivity contribution >= 4 is 40.4 Å². The number of carbonyl (C=O) groups excluding carboxylic acids is 2. The maximum Gasteiger partial charge on any atom is 0.318 e. The van der Waals surface area contributed by atoms with E-state index in [2.05, 4.69) is 29.4 Å². The zero-order valence-corrected chi connectivity index (χ0v) is 20.9. The Balaban J connectivity index is 1.90. The first-order valence-corrected chi connectivity index (χ1v) is 12.4. The van der Waals surface area contributed by atoms with Crippen molar-refractivity contribution in [1.82, 2.24) is 24.5 Å². The van der Waals surface area contributed by atoms with Crippen molar-refractivity contribution in [1.29, 1.82) is 0 Å². The fraction of sp³-hybridized carbons (Fsp3) is 0.320. The van der Waals surface area contributed by atoms with E-state index in [-0.39, 0.29) is 11.5 Å². The van der Waals surface area contributed by atoms with Crippen LogP contribution in [0.2, 0.25) is 0 Å². The molecule has 0 aliphatic rings. The smallest absolute Gasteiger partial charge is 0.318 e. The van der Waals surface area contributed by atoms with Crippen LogP contribution < -0.4 is 16.6 Å². The van der Waals surface area contributed by atoms with Crippen molar-refractivity contribution < 1.29 is 9.59 Å². The molecule has 9 nitrogen and oxygen atoms in total. The Morgan fingerprint density at radius 1 is 1.06 bits per heavy atom. The van der Waals surface area contributed by atoms with E-state index < -0.39 is 17.2 Å². The van der Waals surface area contributed by atoms with E-state index in [0.717, 1.165) is 6.42 Å². The highest BCUT2D eigenvalue weighted by Gasteiger charge is 2.28. The number of benzene rings is 2. The molecule has 3 N–H and O–H groups in total. The van der Waals surface area contributed by atoms with Crippen LogP contribution in [0.5, 0.6) is 0 Å². The number of imide groups is 1. The summed E-state index contributed by atoms with van der Waals surface area (Å²) in [4.78, 5) is 37.4. The third-order valence-corrected chi connectivity index (χ3v) is 7.56. The number of carbonyl (C=O) groups is 2. The number of thioether (sulfide) groups is 1. The summed E-state index contributed by atoms with van der Waals surface area (Å²) in [5, 5.41) is 11.1. The third kappa shape index (κ3) is 4.66. The predicted molar refractivity (Wildman–Crippen MR) is 137 cm³/mol. The molecule has 2 unspecified atom stereocenters. The largest absolute Gasteiger partial charge is 0.351 e. The van der Waals surface area contributed by atoms with E-state index >= 15 is 0 Å². The first-order valence-electron chi connectivity index (χ1n) is 11.5. The lowest BCUT2D eigenvalue weighted by atomic mass is 9.98. The van der Waals surface area contributed by atoms with Crippen LogP contribution in [0.4, 0.5) is 4.79 Å². The fourth-order valence-electron chi connectivity index (χ4n) is 3.97. The SMILES string of the molecule is CCC(C)c1ccc(-n2c(=O)c3ccccc3n3c(SC(C(=O)NC(N)=O)C(C)C)nnc23)cc1. The number of fused-ring (bicyclic) bond motifs is 3. The number of nitrogens with zero attached hydrogens (tertiary/aromatic N) is 4. The van der Waals surface area contributed by atoms with Gasteiger partial charge >= 0.3 is 6.03 Å². The van der Waals surface area contributed by atoms with Gasteiger partial charge in [-0.2, -0.15) is 0 Å². The minimum absolute atomic E-state index is 0.128. The standard InChI is InChI=1S/C25H28N6O3S/c1-5-15(4)16-10-12-17(13-11-16)30-22(33)18-8-6-7-9-19(18)31-24(30)28-29-25(31)35-20(14(2)3)21(32)27-23(26)34/h6-15,20H,5H2,1-4H3,(H3,26,27,32,34). The van der Waals surface area contributed by atoms with E-state index in [4.69, 9.17) is 5.73 Å². The molecule has 182 valence electrons. The molecule has 0 saturated carbocycles. The second kappa shape index (κ2) is 9.91. The van der Waals surface area contributed by atoms with Gasteiger partial charge in [-0.1, -0.05) is 63.7 Å². The minimum Gasteiger partial charge on any atom is -0.351 e. The quantitative estimate of drug-likeness (QED) is 0.378. The van der Waals surface area contributed by atoms with Crippen molar-refractivity contribution in [3.05, 3.63) is 64.4 Å². The molecular weight excluding hydrogens is 464 g/mol. The Morgan fingerprint density at radius 3 is 2.37 bits per heavy atom. The summed E-state index contributed by atoms with van der Waals surface area (Å²) in [5.74, 6) is 0.114. The molecule has 2 heterocycles. The van der Waals surface area contributed by atoms with E-state index in [1.807, 2.05) is 50.2 Å². The highest BCUT2D eigenvalue weighted by molar-refractivity contribution is 8.00. The number of amides is 3. The van der Waals surface area contributed by atoms with Crippen LogP contribution in [-0.4, -0.2) is 36.4 Å². The summed E-state index contributed by atoms with van der Waals surface area (Å²) in [6.45, 7) is 8.04. The summed E-state index contributed by atoms with van der Waals surface area (Å²) in [5.41, 5.74) is 7.45. The number of nitrogens with two attached hydrogens (primary N) is 1. The van der Waals surface area contributed by atoms with Gasteiger partial charge in [-0.05, 0) is 48.1 Å². The lowest BCUT2D eigenvalue weighted by molar-refractivity contribution is -0.120. The Hall–Kier alpha value is -3.66. The number of hydrogen-bond donors (Lipinski definition) is 2. The van der Waals surface area contributed by atoms with Crippen LogP contribution in [0, 0.1) is 5.92 Å². The lowest BCUT2D eigenvalue weighted by Crippen LogP contribution is -2.42. The molecule has 4 aromatic rings. The molecule has 4 rings (SSSR count). The zero-order chi connectivity index (χ0) is 25.3. The normalized spacial score (nSPS) is 13.3. The first kappa shape index (κ1) is 24.5. The van der Waals surface area contributed by atoms with E-state index in [1.165, 1.54) is 21.9 Å². The molecule has 0 bridgehead atoms. The molecule has 3 amide bonds. The number of nitrogens with one attached hydrogen (secondary N) is 1. The van der Waals surface area contributed by atoms with Crippen LogP contribution in [0.3, 0.4) is 0 Å². The van der Waals surface area contributed by atoms with E-state index in [1.54, 1.807) is 16.5 Å². The van der Waals surface area contributed by atoms with Gasteiger partial charge in [0.1, 0.15) is 0 Å². The Labute approximate surface area is 206 Å². The average Bonchev–Trinajstić information content (AvgIpc) is 3.25. The molecule has 0 saturated heterocycles. The highest BCUT2D eigenvalue weighted by Crippen LogP contribution is 2.30. The molecule has 0 aliphatic heterocycles. The van der Waals surface area contributed by atoms with Gasteiger partial charge in [0.05, 0.1) is 21.8 Å². The van der Waals surface area contributed by atoms with E-state index in [9.17, 15) is 14.4 Å². The van der Waals surface area contributed by atoms with Gasteiger partial charge < -0.3 is 5.73 Å². The van der Waals surface area contributed by atoms with Gasteiger partial charge in [0.15, 0.2) is 5.16 Å². The highest BCUT2D eigenvalue weighted by atomic mass is 32.2. The van der Waals surface area contributed by atoms with Crippen LogP contribution in [-0.2, 0) is 4.79 Å². The molecule has 10 heteroatoms. The number of urea groups is 1. The molecule has 0 fully saturated rings. The molecule has 0 aliphatic carbocycles. The molecular formula is C25H28N6O3S. The summed E-state index contributed by atoms with van der Waals surface area (Å²) >= 11 is 1.17. The fourth-order valence-corrected chi connectivity index (χ4v) is 5.01. The molecule has 2 atom stereocenters. The topological polar surface area (TPSA) is 124 Å². The maximum absolute atomic E-state index is 13.5. The molecule has 0 spiro atoms. The Kier molecular flexibility index (Phi) is 6.93. The second-order valence-corrected chi connectivity index (χ2v) is 9.92. The van der Waals surface area contributed by atoms with Crippen molar-refractivity contribution in [2.24, 2.45) is 11.7 Å². The third-order valence-electron chi connectivity index (χ3n) is 6.07. The first-order chi connectivity index (χ1) is 16.7. The number of aromatic nitrogens is 4. The van der Waals surface area contributed by atoms with Crippen molar-refractivity contribution in [2.45, 2.75) is 50.4 Å². The molecule has 0 radical (unpaired) electrons. The number of hydrogen-bond acceptors (Lipinski definition) is 6. The summed E-state index contributed by atoms with van der Waals surface area (Å²) in [7, 11) is 0. The van der Waals surface area contributed by atoms with Crippen molar-refractivity contribution in [2.75, 3.05) is 0 Å². The monoisotopic (exact) mass is 492 g/mol. The molecule has 2 aromatic carbocycles. The molecule has 2 aromatic heterocycles. The van der Waals surface area contributed by atoms with Gasteiger partial charge in [-0.25, -0.2) is 9.36 Å². The summed E-state index contributed by atoms with van der Waals surface area (Å²) in [6, 6.07) is 14.2. The Bertz CT molecular complexity index is 1460. The second-order valence-electron chi connectivity index (χ2n) is 8.81. The van der Waals surface area contributed by atoms with Crippen LogP contribution in [0.1, 0.15) is 45.6 Å². The van der Waals surface area contributed by atoms with Crippen molar-refractivity contribution in [3.8, 4) is 5.69 Å².